The maximum absolute atomic E-state index is 13.3. The fourth-order valence-corrected chi connectivity index (χ4v) is 4.89. The number of amides is 1. The fourth-order valence-electron chi connectivity index (χ4n) is 4.89. The van der Waals surface area contributed by atoms with E-state index in [1.807, 2.05) is 45.0 Å². The number of aryl methyl sites for hydroxylation is 1. The maximum Gasteiger partial charge on any atom is 0.295 e. The largest absolute Gasteiger partial charge is 0.507 e. The highest BCUT2D eigenvalue weighted by molar-refractivity contribution is 6.46. The number of carbonyl (C=O) groups excluding carboxylic acids is 2. The Morgan fingerprint density at radius 3 is 2.38 bits per heavy atom. The van der Waals surface area contributed by atoms with Crippen molar-refractivity contribution in [2.45, 2.75) is 33.4 Å². The van der Waals surface area contributed by atoms with E-state index in [4.69, 9.17) is 4.74 Å². The number of hydrogen-bond donors (Lipinski definition) is 1. The molecule has 4 rings (SSSR count). The van der Waals surface area contributed by atoms with Crippen LogP contribution in [0.25, 0.3) is 5.76 Å². The normalized spacial score (nSPS) is 16.5. The van der Waals surface area contributed by atoms with Crippen molar-refractivity contribution in [3.8, 4) is 5.75 Å². The van der Waals surface area contributed by atoms with Gasteiger partial charge in [0.1, 0.15) is 18.1 Å². The Balaban J connectivity index is 1.67. The van der Waals surface area contributed by atoms with Gasteiger partial charge in [-0.05, 0) is 55.4 Å². The van der Waals surface area contributed by atoms with E-state index in [0.717, 1.165) is 24.2 Å². The Morgan fingerprint density at radius 2 is 1.73 bits per heavy atom. The number of carbonyl (C=O) groups is 2. The van der Waals surface area contributed by atoms with Crippen molar-refractivity contribution in [3.63, 3.8) is 0 Å². The summed E-state index contributed by atoms with van der Waals surface area (Å²) >= 11 is 0. The van der Waals surface area contributed by atoms with E-state index >= 15 is 0 Å². The second-order valence-corrected chi connectivity index (χ2v) is 9.67. The summed E-state index contributed by atoms with van der Waals surface area (Å²) in [6.07, 6.45) is 0. The van der Waals surface area contributed by atoms with Crippen molar-refractivity contribution < 1.29 is 24.4 Å². The van der Waals surface area contributed by atoms with Crippen LogP contribution in [-0.4, -0.2) is 57.7 Å². The van der Waals surface area contributed by atoms with Gasteiger partial charge in [0.15, 0.2) is 0 Å². The fraction of sp³-hybridized carbons (Fsp3) is 0.290. The zero-order valence-electron chi connectivity index (χ0n) is 22.9. The molecule has 0 bridgehead atoms. The smallest absolute Gasteiger partial charge is 0.295 e. The summed E-state index contributed by atoms with van der Waals surface area (Å²) < 4.78 is 5.87. The molecule has 1 saturated heterocycles. The van der Waals surface area contributed by atoms with Gasteiger partial charge in [-0.2, -0.15) is 0 Å². The number of nitro benzene ring substituents is 1. The number of benzene rings is 3. The predicted octanol–water partition coefficient (Wildman–Crippen LogP) is 5.25. The van der Waals surface area contributed by atoms with Gasteiger partial charge in [0.05, 0.1) is 16.5 Å². The van der Waals surface area contributed by atoms with Crippen LogP contribution >= 0.6 is 0 Å². The van der Waals surface area contributed by atoms with Gasteiger partial charge in [-0.15, -0.1) is 0 Å². The predicted molar refractivity (Wildman–Crippen MR) is 152 cm³/mol. The number of hydrogen-bond acceptors (Lipinski definition) is 7. The van der Waals surface area contributed by atoms with Crippen LogP contribution in [0.1, 0.15) is 42.1 Å². The van der Waals surface area contributed by atoms with Crippen LogP contribution in [0.2, 0.25) is 0 Å². The molecule has 1 amide bonds. The molecule has 9 nitrogen and oxygen atoms in total. The maximum atomic E-state index is 13.3. The van der Waals surface area contributed by atoms with Crippen LogP contribution in [0.3, 0.4) is 0 Å². The molecule has 1 heterocycles. The Bertz CT molecular complexity index is 1430. The monoisotopic (exact) mass is 543 g/mol. The van der Waals surface area contributed by atoms with Crippen LogP contribution in [0.5, 0.6) is 5.75 Å². The van der Waals surface area contributed by atoms with Crippen molar-refractivity contribution in [3.05, 3.63) is 111 Å². The van der Waals surface area contributed by atoms with E-state index in [0.29, 0.717) is 30.0 Å². The van der Waals surface area contributed by atoms with Crippen LogP contribution in [-0.2, 0) is 16.2 Å². The summed E-state index contributed by atoms with van der Waals surface area (Å²) in [5.74, 6) is -1.34. The molecule has 1 N–H and O–H groups in total. The van der Waals surface area contributed by atoms with Crippen molar-refractivity contribution in [2.24, 2.45) is 0 Å². The number of Topliss-reactive ketones (excluding diaryl/α,β-unsaturated/α-hetero) is 1. The van der Waals surface area contributed by atoms with Crippen molar-refractivity contribution >= 4 is 23.1 Å². The number of ether oxygens (including phenoxy) is 1. The summed E-state index contributed by atoms with van der Waals surface area (Å²) in [5.41, 5.74) is 2.61. The summed E-state index contributed by atoms with van der Waals surface area (Å²) in [7, 11) is 0. The number of rotatable bonds is 11. The van der Waals surface area contributed by atoms with Gasteiger partial charge < -0.3 is 19.6 Å². The molecule has 1 aliphatic rings. The molecule has 9 heteroatoms. The first-order valence-electron chi connectivity index (χ1n) is 13.3. The highest BCUT2D eigenvalue weighted by atomic mass is 16.6. The Hall–Kier alpha value is -4.50. The quantitative estimate of drug-likeness (QED) is 0.116. The lowest BCUT2D eigenvalue weighted by Crippen LogP contribution is -2.38. The molecule has 40 heavy (non-hydrogen) atoms. The number of likely N-dealkylation sites (N-methyl/N-ethyl adjacent to an activating group) is 1. The zero-order valence-corrected chi connectivity index (χ0v) is 22.9. The average molecular weight is 544 g/mol. The number of likely N-dealkylation sites (tertiary alicyclic amines) is 1. The van der Waals surface area contributed by atoms with E-state index in [9.17, 15) is 24.8 Å². The minimum Gasteiger partial charge on any atom is -0.507 e. The highest BCUT2D eigenvalue weighted by Crippen LogP contribution is 2.40. The topological polar surface area (TPSA) is 113 Å². The lowest BCUT2D eigenvalue weighted by atomic mass is 9.95. The second-order valence-electron chi connectivity index (χ2n) is 9.67. The van der Waals surface area contributed by atoms with E-state index < -0.39 is 22.7 Å². The minimum atomic E-state index is -0.965. The Labute approximate surface area is 233 Å². The standard InChI is InChI=1S/C31H33N3O6/c1-4-32(5-2)16-17-33-28(24-10-7-11-25(19-24)34(38)39)27(30(36)31(33)37)29(35)23-12-14-26(15-13-23)40-20-22-9-6-8-21(3)18-22/h6-15,18-19,28,35H,4-5,16-17,20H2,1-3H3. The summed E-state index contributed by atoms with van der Waals surface area (Å²) in [6, 6.07) is 19.5. The van der Waals surface area contributed by atoms with E-state index in [1.165, 1.54) is 23.1 Å². The number of aliphatic hydroxyl groups excluding tert-OH is 1. The number of nitro groups is 1. The molecule has 1 aliphatic heterocycles. The highest BCUT2D eigenvalue weighted by Gasteiger charge is 2.46. The summed E-state index contributed by atoms with van der Waals surface area (Å²) in [5, 5.41) is 22.8. The first-order valence-corrected chi connectivity index (χ1v) is 13.3. The molecule has 0 saturated carbocycles. The molecule has 3 aromatic carbocycles. The molecule has 0 spiro atoms. The van der Waals surface area contributed by atoms with E-state index in [1.54, 1.807) is 30.3 Å². The van der Waals surface area contributed by atoms with Crippen molar-refractivity contribution in [1.82, 2.24) is 9.80 Å². The first-order chi connectivity index (χ1) is 19.2. The number of non-ortho nitro benzene ring substituents is 1. The lowest BCUT2D eigenvalue weighted by molar-refractivity contribution is -0.384. The van der Waals surface area contributed by atoms with Gasteiger partial charge in [0.25, 0.3) is 17.4 Å². The molecular formula is C31H33N3O6. The molecule has 3 aromatic rings. The van der Waals surface area contributed by atoms with Gasteiger partial charge in [0, 0.05) is 30.8 Å². The van der Waals surface area contributed by atoms with Gasteiger partial charge >= 0.3 is 0 Å². The molecule has 0 aromatic heterocycles. The third-order valence-electron chi connectivity index (χ3n) is 7.10. The SMILES string of the molecule is CCN(CC)CCN1C(=O)C(=O)C(=C(O)c2ccc(OCc3cccc(C)c3)cc2)C1c1cccc([N+](=O)[O-])c1. The van der Waals surface area contributed by atoms with Gasteiger partial charge in [-0.25, -0.2) is 0 Å². The Morgan fingerprint density at radius 1 is 1.02 bits per heavy atom. The molecular weight excluding hydrogens is 510 g/mol. The second kappa shape index (κ2) is 12.6. The third-order valence-corrected chi connectivity index (χ3v) is 7.10. The molecule has 1 unspecified atom stereocenters. The van der Waals surface area contributed by atoms with Gasteiger partial charge in [0.2, 0.25) is 0 Å². The minimum absolute atomic E-state index is 0.0986. The molecule has 1 atom stereocenters. The Kier molecular flexibility index (Phi) is 8.96. The van der Waals surface area contributed by atoms with Gasteiger partial charge in [-0.3, -0.25) is 19.7 Å². The molecule has 0 radical (unpaired) electrons. The summed E-state index contributed by atoms with van der Waals surface area (Å²) in [4.78, 5) is 40.9. The number of nitrogens with zero attached hydrogens (tertiary/aromatic N) is 3. The molecule has 0 aliphatic carbocycles. The van der Waals surface area contributed by atoms with Crippen LogP contribution in [0.15, 0.2) is 78.4 Å². The molecule has 1 fully saturated rings. The number of aliphatic hydroxyl groups is 1. The van der Waals surface area contributed by atoms with Crippen LogP contribution < -0.4 is 4.74 Å². The zero-order chi connectivity index (χ0) is 28.8. The van der Waals surface area contributed by atoms with Crippen LogP contribution in [0, 0.1) is 17.0 Å². The molecule has 208 valence electrons. The van der Waals surface area contributed by atoms with Crippen molar-refractivity contribution in [1.29, 1.82) is 0 Å². The average Bonchev–Trinajstić information content (AvgIpc) is 3.21. The van der Waals surface area contributed by atoms with Crippen LogP contribution in [0.4, 0.5) is 5.69 Å². The van der Waals surface area contributed by atoms with E-state index in [-0.39, 0.29) is 23.6 Å². The third kappa shape index (κ3) is 6.21. The lowest BCUT2D eigenvalue weighted by Gasteiger charge is -2.28. The first kappa shape index (κ1) is 28.5. The number of ketones is 1. The van der Waals surface area contributed by atoms with Crippen molar-refractivity contribution in [2.75, 3.05) is 26.2 Å². The van der Waals surface area contributed by atoms with Gasteiger partial charge in [-0.1, -0.05) is 55.8 Å². The summed E-state index contributed by atoms with van der Waals surface area (Å²) in [6.45, 7) is 8.65. The van der Waals surface area contributed by atoms with E-state index in [2.05, 4.69) is 4.90 Å².